The summed E-state index contributed by atoms with van der Waals surface area (Å²) in [6, 6.07) is 66.9. The molecule has 0 aliphatic carbocycles. The molecule has 0 atom stereocenters. The minimum atomic E-state index is 0.884. The number of furan rings is 1. The summed E-state index contributed by atoms with van der Waals surface area (Å²) >= 11 is 0. The molecule has 0 saturated carbocycles. The second-order valence-corrected chi connectivity index (χ2v) is 13.3. The molecular formula is C48H31N3O. The molecule has 8 aromatic carbocycles. The molecule has 0 bridgehead atoms. The largest absolute Gasteiger partial charge is 0.454 e. The minimum Gasteiger partial charge on any atom is -0.454 e. The number of para-hydroxylation sites is 6. The molecule has 52 heavy (non-hydrogen) atoms. The van der Waals surface area contributed by atoms with Crippen molar-refractivity contribution in [1.82, 2.24) is 9.13 Å². The van der Waals surface area contributed by atoms with Crippen LogP contribution in [0.1, 0.15) is 0 Å². The van der Waals surface area contributed by atoms with Crippen molar-refractivity contribution in [3.8, 4) is 11.4 Å². The summed E-state index contributed by atoms with van der Waals surface area (Å²) in [6.07, 6.45) is 0. The maximum Gasteiger partial charge on any atom is 0.147 e. The van der Waals surface area contributed by atoms with Crippen LogP contribution < -0.4 is 4.90 Å². The summed E-state index contributed by atoms with van der Waals surface area (Å²) < 4.78 is 12.1. The van der Waals surface area contributed by atoms with Gasteiger partial charge in [-0.05, 0) is 78.9 Å². The number of aromatic nitrogens is 2. The van der Waals surface area contributed by atoms with Crippen molar-refractivity contribution in [3.05, 3.63) is 188 Å². The molecule has 0 saturated heterocycles. The van der Waals surface area contributed by atoms with E-state index in [-0.39, 0.29) is 0 Å². The molecule has 0 spiro atoms. The van der Waals surface area contributed by atoms with E-state index in [0.29, 0.717) is 0 Å². The van der Waals surface area contributed by atoms with Gasteiger partial charge in [-0.25, -0.2) is 0 Å². The molecule has 4 nitrogen and oxygen atoms in total. The molecule has 0 aliphatic rings. The molecule has 0 fully saturated rings. The van der Waals surface area contributed by atoms with Crippen LogP contribution >= 0.6 is 0 Å². The van der Waals surface area contributed by atoms with Crippen molar-refractivity contribution in [2.24, 2.45) is 0 Å². The number of fused-ring (bicyclic) bond motifs is 11. The first-order valence-corrected chi connectivity index (χ1v) is 17.7. The first kappa shape index (κ1) is 28.8. The van der Waals surface area contributed by atoms with E-state index in [9.17, 15) is 0 Å². The van der Waals surface area contributed by atoms with Crippen LogP contribution in [0.2, 0.25) is 0 Å². The van der Waals surface area contributed by atoms with E-state index >= 15 is 0 Å². The van der Waals surface area contributed by atoms with E-state index in [2.05, 4.69) is 202 Å². The predicted molar refractivity (Wildman–Crippen MR) is 217 cm³/mol. The highest BCUT2D eigenvalue weighted by Crippen LogP contribution is 2.50. The fourth-order valence-corrected chi connectivity index (χ4v) is 8.34. The number of hydrogen-bond acceptors (Lipinski definition) is 2. The van der Waals surface area contributed by atoms with E-state index in [0.717, 1.165) is 88.6 Å². The second-order valence-electron chi connectivity index (χ2n) is 13.3. The van der Waals surface area contributed by atoms with Gasteiger partial charge in [0.1, 0.15) is 11.2 Å². The number of nitrogens with zero attached hydrogens (tertiary/aromatic N) is 3. The van der Waals surface area contributed by atoms with Crippen LogP contribution in [0.15, 0.2) is 192 Å². The van der Waals surface area contributed by atoms with Crippen LogP contribution in [0.3, 0.4) is 0 Å². The highest BCUT2D eigenvalue weighted by molar-refractivity contribution is 6.32. The third-order valence-electron chi connectivity index (χ3n) is 10.5. The zero-order chi connectivity index (χ0) is 34.2. The quantitative estimate of drug-likeness (QED) is 0.183. The highest BCUT2D eigenvalue weighted by Gasteiger charge is 2.27. The summed E-state index contributed by atoms with van der Waals surface area (Å²) in [5.41, 5.74) is 11.7. The Labute approximate surface area is 299 Å². The summed E-state index contributed by atoms with van der Waals surface area (Å²) in [7, 11) is 0. The normalized spacial score (nSPS) is 11.8. The fraction of sp³-hybridized carbons (Fsp3) is 0. The topological polar surface area (TPSA) is 26.2 Å². The van der Waals surface area contributed by atoms with Crippen LogP contribution in [0.5, 0.6) is 0 Å². The van der Waals surface area contributed by atoms with Gasteiger partial charge in [-0.1, -0.05) is 109 Å². The molecule has 0 aliphatic heterocycles. The summed E-state index contributed by atoms with van der Waals surface area (Å²) in [4.78, 5) is 2.38. The van der Waals surface area contributed by atoms with Gasteiger partial charge in [0.2, 0.25) is 0 Å². The van der Waals surface area contributed by atoms with Crippen LogP contribution in [0.4, 0.5) is 17.1 Å². The lowest BCUT2D eigenvalue weighted by molar-refractivity contribution is 0.677. The van der Waals surface area contributed by atoms with Gasteiger partial charge in [0.05, 0.1) is 43.9 Å². The second kappa shape index (κ2) is 11.2. The minimum absolute atomic E-state index is 0.884. The number of rotatable bonds is 5. The molecule has 11 aromatic rings. The van der Waals surface area contributed by atoms with Crippen LogP contribution in [0.25, 0.3) is 76.9 Å². The van der Waals surface area contributed by atoms with E-state index < -0.39 is 0 Å². The molecule has 4 heteroatoms. The van der Waals surface area contributed by atoms with Gasteiger partial charge >= 0.3 is 0 Å². The van der Waals surface area contributed by atoms with Crippen molar-refractivity contribution < 1.29 is 4.42 Å². The lowest BCUT2D eigenvalue weighted by Crippen LogP contribution is -2.10. The van der Waals surface area contributed by atoms with Gasteiger partial charge in [-0.15, -0.1) is 0 Å². The molecule has 0 radical (unpaired) electrons. The third kappa shape index (κ3) is 4.09. The van der Waals surface area contributed by atoms with Crippen molar-refractivity contribution >= 4 is 82.6 Å². The Morgan fingerprint density at radius 2 is 0.808 bits per heavy atom. The van der Waals surface area contributed by atoms with E-state index in [4.69, 9.17) is 4.42 Å². The first-order valence-electron chi connectivity index (χ1n) is 17.7. The number of hydrogen-bond donors (Lipinski definition) is 0. The zero-order valence-electron chi connectivity index (χ0n) is 28.1. The maximum atomic E-state index is 7.40. The summed E-state index contributed by atoms with van der Waals surface area (Å²) in [5.74, 6) is 0. The van der Waals surface area contributed by atoms with Crippen molar-refractivity contribution in [3.63, 3.8) is 0 Å². The summed E-state index contributed by atoms with van der Waals surface area (Å²) in [6.45, 7) is 0. The zero-order valence-corrected chi connectivity index (χ0v) is 28.1. The molecule has 0 unspecified atom stereocenters. The van der Waals surface area contributed by atoms with E-state index in [1.165, 1.54) is 5.39 Å². The molecule has 11 rings (SSSR count). The lowest BCUT2D eigenvalue weighted by atomic mass is 10.0. The Kier molecular flexibility index (Phi) is 6.22. The standard InChI is InChI=1S/C48H31N3O/c1-5-17-32(18-6-1)49(33-19-7-2-8-20-33)42-31-43-45(37-26-14-16-28-40(37)51(43)35-23-11-4-12-24-35)48-46(42)38-29-30-41-44(47(38)52-48)36-25-13-15-27-39(36)50(41)34-21-9-3-10-22-34/h1-31H. The van der Waals surface area contributed by atoms with Crippen LogP contribution in [0, 0.1) is 0 Å². The predicted octanol–water partition coefficient (Wildman–Crippen LogP) is 13.2. The SMILES string of the molecule is c1ccc(N(c2ccccc2)c2cc3c(c4ccccc4n3-c3ccccc3)c3oc4c(ccc5c4c4ccccc4n5-c4ccccc4)c23)cc1. The number of benzene rings is 8. The molecule has 0 N–H and O–H groups in total. The average molecular weight is 666 g/mol. The Morgan fingerprint density at radius 1 is 0.346 bits per heavy atom. The van der Waals surface area contributed by atoms with Gasteiger partial charge in [0.25, 0.3) is 0 Å². The Morgan fingerprint density at radius 3 is 1.37 bits per heavy atom. The maximum absolute atomic E-state index is 7.40. The van der Waals surface area contributed by atoms with Gasteiger partial charge in [-0.2, -0.15) is 0 Å². The van der Waals surface area contributed by atoms with Gasteiger partial charge < -0.3 is 18.5 Å². The Bertz CT molecular complexity index is 3060. The molecular weight excluding hydrogens is 635 g/mol. The molecule has 244 valence electrons. The average Bonchev–Trinajstić information content (AvgIpc) is 3.87. The molecule has 3 heterocycles. The van der Waals surface area contributed by atoms with Gasteiger partial charge in [-0.3, -0.25) is 0 Å². The molecule has 0 amide bonds. The van der Waals surface area contributed by atoms with Crippen molar-refractivity contribution in [2.45, 2.75) is 0 Å². The Balaban J connectivity index is 1.37. The van der Waals surface area contributed by atoms with Crippen LogP contribution in [-0.4, -0.2) is 9.13 Å². The van der Waals surface area contributed by atoms with E-state index in [1.54, 1.807) is 0 Å². The first-order chi connectivity index (χ1) is 25.8. The Hall–Kier alpha value is -7.04. The highest BCUT2D eigenvalue weighted by atomic mass is 16.3. The van der Waals surface area contributed by atoms with Crippen molar-refractivity contribution in [1.29, 1.82) is 0 Å². The van der Waals surface area contributed by atoms with E-state index in [1.807, 2.05) is 0 Å². The van der Waals surface area contributed by atoms with Crippen LogP contribution in [-0.2, 0) is 0 Å². The number of anilines is 3. The fourth-order valence-electron chi connectivity index (χ4n) is 8.34. The van der Waals surface area contributed by atoms with Gasteiger partial charge in [0, 0.05) is 38.9 Å². The monoisotopic (exact) mass is 665 g/mol. The lowest BCUT2D eigenvalue weighted by Gasteiger charge is -2.26. The third-order valence-corrected chi connectivity index (χ3v) is 10.5. The smallest absolute Gasteiger partial charge is 0.147 e. The summed E-state index contributed by atoms with van der Waals surface area (Å²) in [5, 5.41) is 6.72. The van der Waals surface area contributed by atoms with Gasteiger partial charge in [0.15, 0.2) is 0 Å². The van der Waals surface area contributed by atoms with Crippen molar-refractivity contribution in [2.75, 3.05) is 4.90 Å². The molecule has 3 aromatic heterocycles.